The number of aromatic nitrogens is 3. The molecule has 0 aliphatic carbocycles. The highest BCUT2D eigenvalue weighted by molar-refractivity contribution is 5.87. The molecular weight excluding hydrogens is 584 g/mol. The molecule has 1 N–H and O–H groups in total. The van der Waals surface area contributed by atoms with E-state index in [2.05, 4.69) is 4.98 Å². The number of carbonyl (C=O) groups excluding carboxylic acids is 1. The first-order valence-electron chi connectivity index (χ1n) is 15.3. The number of piperidine rings is 1. The number of benzene rings is 3. The summed E-state index contributed by atoms with van der Waals surface area (Å²) in [6.45, 7) is 1.64. The molecule has 1 fully saturated rings. The summed E-state index contributed by atoms with van der Waals surface area (Å²) in [4.78, 5) is 23.9. The number of amides is 1. The van der Waals surface area contributed by atoms with E-state index in [0.717, 1.165) is 38.8 Å². The topological polar surface area (TPSA) is 108 Å². The van der Waals surface area contributed by atoms with Gasteiger partial charge in [0.05, 0.1) is 30.7 Å². The minimum atomic E-state index is -0.889. The van der Waals surface area contributed by atoms with Crippen molar-refractivity contribution in [2.24, 2.45) is 0 Å². The Kier molecular flexibility index (Phi) is 8.37. The number of imidazole rings is 1. The number of hydrogen-bond acceptors (Lipinski definition) is 8. The van der Waals surface area contributed by atoms with E-state index in [1.165, 1.54) is 4.90 Å². The first-order chi connectivity index (χ1) is 22.6. The highest BCUT2D eigenvalue weighted by atomic mass is 16.6. The lowest BCUT2D eigenvalue weighted by Crippen LogP contribution is -2.51. The van der Waals surface area contributed by atoms with E-state index in [1.807, 2.05) is 95.5 Å². The maximum absolute atomic E-state index is 12.9. The predicted octanol–water partition coefficient (Wildman–Crippen LogP) is 5.88. The lowest BCUT2D eigenvalue weighted by Gasteiger charge is -2.35. The maximum atomic E-state index is 12.9. The highest BCUT2D eigenvalue weighted by Gasteiger charge is 2.33. The maximum Gasteiger partial charge on any atom is 0.410 e. The predicted molar refractivity (Wildman–Crippen MR) is 174 cm³/mol. The summed E-state index contributed by atoms with van der Waals surface area (Å²) in [6, 6.07) is 27.5. The van der Waals surface area contributed by atoms with Crippen molar-refractivity contribution in [2.75, 3.05) is 33.4 Å². The van der Waals surface area contributed by atoms with E-state index in [4.69, 9.17) is 23.9 Å². The summed E-state index contributed by atoms with van der Waals surface area (Å²) in [5, 5.41) is 14.2. The van der Waals surface area contributed by atoms with Gasteiger partial charge in [-0.1, -0.05) is 54.6 Å². The van der Waals surface area contributed by atoms with Gasteiger partial charge in [-0.25, -0.2) is 14.8 Å². The van der Waals surface area contributed by atoms with Gasteiger partial charge in [-0.3, -0.25) is 4.40 Å². The molecule has 10 heteroatoms. The van der Waals surface area contributed by atoms with E-state index < -0.39 is 18.3 Å². The Balaban J connectivity index is 1.02. The Bertz CT molecular complexity index is 2010. The molecule has 10 nitrogen and oxygen atoms in total. The van der Waals surface area contributed by atoms with Crippen LogP contribution in [-0.4, -0.2) is 76.1 Å². The van der Waals surface area contributed by atoms with Gasteiger partial charge in [-0.05, 0) is 40.6 Å². The number of aliphatic hydroxyl groups excluding tert-OH is 1. The van der Waals surface area contributed by atoms with Gasteiger partial charge in [0.15, 0.2) is 0 Å². The third-order valence-electron chi connectivity index (χ3n) is 8.22. The Morgan fingerprint density at radius 3 is 2.67 bits per heavy atom. The number of para-hydroxylation sites is 1. The molecule has 1 aliphatic rings. The number of nitrogens with zero attached hydrogens (tertiary/aromatic N) is 4. The quantitative estimate of drug-likeness (QED) is 0.200. The van der Waals surface area contributed by atoms with Crippen molar-refractivity contribution in [1.82, 2.24) is 19.3 Å². The van der Waals surface area contributed by atoms with E-state index in [-0.39, 0.29) is 13.2 Å². The number of rotatable bonds is 9. The lowest BCUT2D eigenvalue weighted by molar-refractivity contribution is -0.0247. The number of β-amino-alcohol motifs (C(OH)–C–C–N with tert-alkyl or cyclic N) is 1. The second kappa shape index (κ2) is 13.0. The highest BCUT2D eigenvalue weighted by Crippen LogP contribution is 2.30. The molecule has 0 saturated carbocycles. The van der Waals surface area contributed by atoms with Crippen LogP contribution in [0.4, 0.5) is 4.79 Å². The summed E-state index contributed by atoms with van der Waals surface area (Å²) in [6.07, 6.45) is 2.29. The minimum absolute atomic E-state index is 0.115. The normalized spacial score (nSPS) is 16.6. The summed E-state index contributed by atoms with van der Waals surface area (Å²) < 4.78 is 24.7. The van der Waals surface area contributed by atoms with Crippen LogP contribution in [0.15, 0.2) is 97.3 Å². The molecule has 3 aromatic carbocycles. The third-order valence-corrected chi connectivity index (χ3v) is 8.22. The number of carbonyl (C=O) groups is 1. The third kappa shape index (κ3) is 6.17. The van der Waals surface area contributed by atoms with Crippen LogP contribution in [0.1, 0.15) is 12.0 Å². The standard InChI is InChI=1S/C36H34N4O6/c1-43-17-18-44-28-13-16-40-30(21-37-34(40)20-28)29-12-11-26-7-4-8-33(35(26)38-29)46-32-14-15-39(22-31(32)41)36(42)45-23-24-9-10-25-5-2-3-6-27(25)19-24/h2-13,16,19-21,31-32,41H,14-15,17-18,22-23H2,1H3/t31-,32-/m1/s1. The van der Waals surface area contributed by atoms with Crippen molar-refractivity contribution in [2.45, 2.75) is 25.2 Å². The number of hydrogen-bond donors (Lipinski definition) is 1. The molecular formula is C36H34N4O6. The second-order valence-corrected chi connectivity index (χ2v) is 11.3. The molecule has 0 radical (unpaired) electrons. The summed E-state index contributed by atoms with van der Waals surface area (Å²) in [7, 11) is 1.64. The Morgan fingerprint density at radius 2 is 1.80 bits per heavy atom. The fourth-order valence-corrected chi connectivity index (χ4v) is 5.78. The zero-order valence-corrected chi connectivity index (χ0v) is 25.4. The molecule has 0 bridgehead atoms. The average Bonchev–Trinajstić information content (AvgIpc) is 3.51. The molecule has 1 aliphatic heterocycles. The monoisotopic (exact) mass is 618 g/mol. The van der Waals surface area contributed by atoms with Crippen molar-refractivity contribution >= 4 is 33.4 Å². The molecule has 46 heavy (non-hydrogen) atoms. The molecule has 3 aromatic heterocycles. The van der Waals surface area contributed by atoms with Gasteiger partial charge in [-0.15, -0.1) is 0 Å². The molecule has 7 rings (SSSR count). The molecule has 0 unspecified atom stereocenters. The number of fused-ring (bicyclic) bond motifs is 3. The van der Waals surface area contributed by atoms with Gasteiger partial charge in [0.2, 0.25) is 0 Å². The largest absolute Gasteiger partial charge is 0.491 e. The summed E-state index contributed by atoms with van der Waals surface area (Å²) in [5.74, 6) is 1.28. The van der Waals surface area contributed by atoms with Crippen LogP contribution in [-0.2, 0) is 16.1 Å². The Morgan fingerprint density at radius 1 is 0.957 bits per heavy atom. The number of methoxy groups -OCH3 is 1. The van der Waals surface area contributed by atoms with Crippen molar-refractivity contribution in [3.8, 4) is 22.9 Å². The summed E-state index contributed by atoms with van der Waals surface area (Å²) in [5.41, 5.74) is 3.88. The van der Waals surface area contributed by atoms with Crippen LogP contribution in [0, 0.1) is 0 Å². The Labute approximate surface area is 265 Å². The first-order valence-corrected chi connectivity index (χ1v) is 15.3. The molecule has 1 amide bonds. The molecule has 4 heterocycles. The number of ether oxygens (including phenoxy) is 4. The van der Waals surface area contributed by atoms with Gasteiger partial charge < -0.3 is 29.0 Å². The average molecular weight is 619 g/mol. The van der Waals surface area contributed by atoms with Crippen molar-refractivity contribution in [3.63, 3.8) is 0 Å². The van der Waals surface area contributed by atoms with Gasteiger partial charge in [0.25, 0.3) is 0 Å². The number of likely N-dealkylation sites (tertiary alicyclic amines) is 1. The van der Waals surface area contributed by atoms with Crippen LogP contribution >= 0.6 is 0 Å². The minimum Gasteiger partial charge on any atom is -0.491 e. The van der Waals surface area contributed by atoms with Crippen molar-refractivity contribution in [1.29, 1.82) is 0 Å². The molecule has 0 spiro atoms. The van der Waals surface area contributed by atoms with Crippen LogP contribution in [0.2, 0.25) is 0 Å². The van der Waals surface area contributed by atoms with Crippen molar-refractivity contribution < 1.29 is 28.8 Å². The van der Waals surface area contributed by atoms with Gasteiger partial charge in [0.1, 0.15) is 48.1 Å². The lowest BCUT2D eigenvalue weighted by atomic mass is 10.0. The first kappa shape index (κ1) is 29.5. The van der Waals surface area contributed by atoms with Crippen LogP contribution in [0.3, 0.4) is 0 Å². The number of aliphatic hydroxyl groups is 1. The molecule has 1 saturated heterocycles. The van der Waals surface area contributed by atoms with Crippen LogP contribution in [0.25, 0.3) is 38.7 Å². The SMILES string of the molecule is COCCOc1ccn2c(-c3ccc4cccc(O[C@@H]5CCN(C(=O)OCc6ccc7ccccc7c6)C[C@H]5O)c4n3)cnc2c1. The molecule has 2 atom stereocenters. The van der Waals surface area contributed by atoms with Gasteiger partial charge in [0, 0.05) is 37.7 Å². The van der Waals surface area contributed by atoms with E-state index >= 15 is 0 Å². The van der Waals surface area contributed by atoms with Crippen molar-refractivity contribution in [3.05, 3.63) is 103 Å². The fraction of sp³-hybridized carbons (Fsp3) is 0.250. The van der Waals surface area contributed by atoms with E-state index in [0.29, 0.717) is 43.2 Å². The molecule has 6 aromatic rings. The zero-order chi connectivity index (χ0) is 31.5. The smallest absolute Gasteiger partial charge is 0.410 e. The van der Waals surface area contributed by atoms with Crippen LogP contribution < -0.4 is 9.47 Å². The number of pyridine rings is 2. The summed E-state index contributed by atoms with van der Waals surface area (Å²) >= 11 is 0. The fourth-order valence-electron chi connectivity index (χ4n) is 5.78. The van der Waals surface area contributed by atoms with Gasteiger partial charge >= 0.3 is 6.09 Å². The molecule has 234 valence electrons. The zero-order valence-electron chi connectivity index (χ0n) is 25.4. The van der Waals surface area contributed by atoms with Gasteiger partial charge in [-0.2, -0.15) is 0 Å². The Hall–Kier alpha value is -5.19. The van der Waals surface area contributed by atoms with Crippen LogP contribution in [0.5, 0.6) is 11.5 Å². The second-order valence-electron chi connectivity index (χ2n) is 11.3. The van der Waals surface area contributed by atoms with E-state index in [9.17, 15) is 9.90 Å². The van der Waals surface area contributed by atoms with E-state index in [1.54, 1.807) is 13.3 Å².